The van der Waals surface area contributed by atoms with E-state index in [1.54, 1.807) is 11.6 Å². The molecule has 0 saturated heterocycles. The van der Waals surface area contributed by atoms with Crippen molar-refractivity contribution in [3.05, 3.63) is 17.0 Å². The molecule has 0 fully saturated rings. The van der Waals surface area contributed by atoms with Crippen LogP contribution in [0.15, 0.2) is 0 Å². The fourth-order valence-corrected chi connectivity index (χ4v) is 1.82. The maximum Gasteiger partial charge on any atom is 0.258 e. The van der Waals surface area contributed by atoms with Crippen molar-refractivity contribution >= 4 is 5.91 Å². The van der Waals surface area contributed by atoms with Crippen LogP contribution in [0.4, 0.5) is 0 Å². The van der Waals surface area contributed by atoms with Gasteiger partial charge >= 0.3 is 0 Å². The fraction of sp³-hybridized carbons (Fsp3) is 0.600. The standard InChI is InChI=1S/C10H18N4O/c1-5-9-6(2)13-14(7(9)3)8(4)10(15)12-11/h8H,5,11H2,1-4H3,(H,12,15)/t8-/m1/s1. The topological polar surface area (TPSA) is 72.9 Å². The monoisotopic (exact) mass is 210 g/mol. The number of carbonyl (C=O) groups is 1. The maximum atomic E-state index is 11.4. The van der Waals surface area contributed by atoms with Gasteiger partial charge in [0, 0.05) is 5.69 Å². The third-order valence-electron chi connectivity index (χ3n) is 2.72. The number of aromatic nitrogens is 2. The molecule has 1 amide bonds. The van der Waals surface area contributed by atoms with Gasteiger partial charge in [0.2, 0.25) is 0 Å². The number of rotatable bonds is 3. The summed E-state index contributed by atoms with van der Waals surface area (Å²) < 4.78 is 1.72. The molecule has 0 spiro atoms. The van der Waals surface area contributed by atoms with Crippen molar-refractivity contribution in [1.29, 1.82) is 0 Å². The highest BCUT2D eigenvalue weighted by atomic mass is 16.2. The Balaban J connectivity index is 3.10. The Labute approximate surface area is 89.6 Å². The molecule has 0 saturated carbocycles. The van der Waals surface area contributed by atoms with Gasteiger partial charge in [-0.15, -0.1) is 0 Å². The molecule has 1 aromatic heterocycles. The van der Waals surface area contributed by atoms with Crippen molar-refractivity contribution < 1.29 is 4.79 Å². The van der Waals surface area contributed by atoms with E-state index in [1.165, 1.54) is 5.56 Å². The zero-order chi connectivity index (χ0) is 11.6. The van der Waals surface area contributed by atoms with Crippen LogP contribution in [0, 0.1) is 13.8 Å². The first-order valence-corrected chi connectivity index (χ1v) is 5.07. The molecule has 0 radical (unpaired) electrons. The van der Waals surface area contributed by atoms with Gasteiger partial charge in [0.1, 0.15) is 6.04 Å². The van der Waals surface area contributed by atoms with Gasteiger partial charge in [-0.2, -0.15) is 5.10 Å². The summed E-state index contributed by atoms with van der Waals surface area (Å²) >= 11 is 0. The van der Waals surface area contributed by atoms with Crippen molar-refractivity contribution in [2.24, 2.45) is 5.84 Å². The molecule has 5 nitrogen and oxygen atoms in total. The van der Waals surface area contributed by atoms with Gasteiger partial charge in [-0.3, -0.25) is 14.9 Å². The van der Waals surface area contributed by atoms with Crippen LogP contribution in [-0.2, 0) is 11.2 Å². The number of hydrazine groups is 1. The summed E-state index contributed by atoms with van der Waals surface area (Å²) in [6.45, 7) is 7.78. The van der Waals surface area contributed by atoms with Gasteiger partial charge in [0.15, 0.2) is 0 Å². The molecular formula is C10H18N4O. The number of amides is 1. The Morgan fingerprint density at radius 3 is 2.60 bits per heavy atom. The minimum absolute atomic E-state index is 0.233. The van der Waals surface area contributed by atoms with E-state index in [1.807, 2.05) is 13.8 Å². The molecule has 5 heteroatoms. The second-order valence-corrected chi connectivity index (χ2v) is 3.63. The summed E-state index contributed by atoms with van der Waals surface area (Å²) in [7, 11) is 0. The van der Waals surface area contributed by atoms with Gasteiger partial charge in [0.25, 0.3) is 5.91 Å². The van der Waals surface area contributed by atoms with Gasteiger partial charge in [0.05, 0.1) is 5.69 Å². The van der Waals surface area contributed by atoms with Gasteiger partial charge in [-0.05, 0) is 32.8 Å². The number of hydrogen-bond acceptors (Lipinski definition) is 3. The van der Waals surface area contributed by atoms with Crippen molar-refractivity contribution in [3.8, 4) is 0 Å². The lowest BCUT2D eigenvalue weighted by Gasteiger charge is -2.12. The molecular weight excluding hydrogens is 192 g/mol. The van der Waals surface area contributed by atoms with E-state index in [0.29, 0.717) is 0 Å². The number of nitrogens with two attached hydrogens (primary N) is 1. The minimum atomic E-state index is -0.367. The zero-order valence-electron chi connectivity index (χ0n) is 9.66. The summed E-state index contributed by atoms with van der Waals surface area (Å²) in [4.78, 5) is 11.4. The van der Waals surface area contributed by atoms with Gasteiger partial charge in [-0.25, -0.2) is 5.84 Å². The molecule has 0 unspecified atom stereocenters. The highest BCUT2D eigenvalue weighted by molar-refractivity contribution is 5.79. The Kier molecular flexibility index (Phi) is 3.47. The molecule has 1 aromatic rings. The molecule has 1 rings (SSSR count). The lowest BCUT2D eigenvalue weighted by Crippen LogP contribution is -2.36. The van der Waals surface area contributed by atoms with E-state index in [2.05, 4.69) is 17.4 Å². The average Bonchev–Trinajstić information content (AvgIpc) is 2.51. The smallest absolute Gasteiger partial charge is 0.258 e. The quantitative estimate of drug-likeness (QED) is 0.436. The predicted molar refractivity (Wildman–Crippen MR) is 58.1 cm³/mol. The van der Waals surface area contributed by atoms with E-state index < -0.39 is 0 Å². The van der Waals surface area contributed by atoms with E-state index in [9.17, 15) is 4.79 Å². The molecule has 3 N–H and O–H groups in total. The summed E-state index contributed by atoms with van der Waals surface area (Å²) in [6.07, 6.45) is 0.925. The van der Waals surface area contributed by atoms with E-state index in [0.717, 1.165) is 17.8 Å². The van der Waals surface area contributed by atoms with Crippen LogP contribution in [-0.4, -0.2) is 15.7 Å². The predicted octanol–water partition coefficient (Wildman–Crippen LogP) is 0.613. The highest BCUT2D eigenvalue weighted by Crippen LogP contribution is 2.17. The zero-order valence-corrected chi connectivity index (χ0v) is 9.66. The summed E-state index contributed by atoms with van der Waals surface area (Å²) in [5.41, 5.74) is 5.35. The number of carbonyl (C=O) groups excluding carboxylic acids is 1. The Bertz CT molecular complexity index is 370. The minimum Gasteiger partial charge on any atom is -0.292 e. The molecule has 1 atom stereocenters. The first-order chi connectivity index (χ1) is 7.02. The van der Waals surface area contributed by atoms with E-state index in [4.69, 9.17) is 5.84 Å². The van der Waals surface area contributed by atoms with Crippen LogP contribution in [0.25, 0.3) is 0 Å². The number of nitrogens with one attached hydrogen (secondary N) is 1. The Morgan fingerprint density at radius 2 is 2.20 bits per heavy atom. The number of hydrogen-bond donors (Lipinski definition) is 2. The molecule has 15 heavy (non-hydrogen) atoms. The van der Waals surface area contributed by atoms with Crippen LogP contribution in [0.1, 0.15) is 36.8 Å². The number of aryl methyl sites for hydroxylation is 1. The van der Waals surface area contributed by atoms with Gasteiger partial charge in [-0.1, -0.05) is 6.92 Å². The SMILES string of the molecule is CCc1c(C)nn([C@H](C)C(=O)NN)c1C. The first kappa shape index (κ1) is 11.7. The molecule has 1 heterocycles. The third kappa shape index (κ3) is 2.02. The van der Waals surface area contributed by atoms with Crippen LogP contribution >= 0.6 is 0 Å². The largest absolute Gasteiger partial charge is 0.292 e. The molecule has 0 bridgehead atoms. The van der Waals surface area contributed by atoms with Crippen molar-refractivity contribution in [3.63, 3.8) is 0 Å². The van der Waals surface area contributed by atoms with Crippen LogP contribution in [0.5, 0.6) is 0 Å². The van der Waals surface area contributed by atoms with Crippen molar-refractivity contribution in [1.82, 2.24) is 15.2 Å². The lowest BCUT2D eigenvalue weighted by molar-refractivity contribution is -0.124. The van der Waals surface area contributed by atoms with Crippen LogP contribution < -0.4 is 11.3 Å². The molecule has 0 aliphatic carbocycles. The first-order valence-electron chi connectivity index (χ1n) is 5.07. The Morgan fingerprint density at radius 1 is 1.60 bits per heavy atom. The number of nitrogens with zero attached hydrogens (tertiary/aromatic N) is 2. The normalized spacial score (nSPS) is 12.6. The van der Waals surface area contributed by atoms with Crippen LogP contribution in [0.2, 0.25) is 0 Å². The molecule has 0 aromatic carbocycles. The second kappa shape index (κ2) is 4.44. The van der Waals surface area contributed by atoms with Crippen molar-refractivity contribution in [2.45, 2.75) is 40.2 Å². The fourth-order valence-electron chi connectivity index (χ4n) is 1.82. The summed E-state index contributed by atoms with van der Waals surface area (Å²) in [6, 6.07) is -0.367. The maximum absolute atomic E-state index is 11.4. The average molecular weight is 210 g/mol. The van der Waals surface area contributed by atoms with Gasteiger partial charge < -0.3 is 0 Å². The molecule has 84 valence electrons. The lowest BCUT2D eigenvalue weighted by atomic mass is 10.1. The molecule has 0 aliphatic heterocycles. The highest BCUT2D eigenvalue weighted by Gasteiger charge is 2.19. The molecule has 0 aliphatic rings. The van der Waals surface area contributed by atoms with E-state index in [-0.39, 0.29) is 11.9 Å². The van der Waals surface area contributed by atoms with Crippen LogP contribution in [0.3, 0.4) is 0 Å². The van der Waals surface area contributed by atoms with Crippen molar-refractivity contribution in [2.75, 3.05) is 0 Å². The van der Waals surface area contributed by atoms with E-state index >= 15 is 0 Å². The summed E-state index contributed by atoms with van der Waals surface area (Å²) in [5, 5.41) is 4.35. The Hall–Kier alpha value is -1.36. The third-order valence-corrected chi connectivity index (χ3v) is 2.72. The second-order valence-electron chi connectivity index (χ2n) is 3.63. The summed E-state index contributed by atoms with van der Waals surface area (Å²) in [5.74, 6) is 4.86.